The molecule has 0 unspecified atom stereocenters. The van der Waals surface area contributed by atoms with Crippen LogP contribution in [0.1, 0.15) is 5.56 Å². The van der Waals surface area contributed by atoms with E-state index in [1.54, 1.807) is 14.2 Å². The molecule has 6 heteroatoms. The van der Waals surface area contributed by atoms with Gasteiger partial charge in [0.05, 0.1) is 18.7 Å². The van der Waals surface area contributed by atoms with E-state index in [1.807, 2.05) is 24.3 Å². The minimum atomic E-state index is 0.255. The van der Waals surface area contributed by atoms with Gasteiger partial charge in [-0.2, -0.15) is 5.26 Å². The van der Waals surface area contributed by atoms with E-state index in [9.17, 15) is 5.26 Å². The monoisotopic (exact) mass is 302 g/mol. The number of para-hydroxylation sites is 1. The number of aromatic nitrogens is 1. The lowest BCUT2D eigenvalue weighted by Gasteiger charge is -2.14. The first-order valence-electron chi connectivity index (χ1n) is 6.88. The summed E-state index contributed by atoms with van der Waals surface area (Å²) in [5.41, 5.74) is 0.993. The van der Waals surface area contributed by atoms with Crippen LogP contribution in [0.5, 0.6) is 11.6 Å². The van der Waals surface area contributed by atoms with Crippen molar-refractivity contribution in [3.8, 4) is 17.7 Å². The molecule has 0 fully saturated rings. The van der Waals surface area contributed by atoms with Crippen LogP contribution in [-0.2, 0) is 9.47 Å². The largest absolute Gasteiger partial charge is 0.489 e. The summed E-state index contributed by atoms with van der Waals surface area (Å²) < 4.78 is 21.2. The number of ether oxygens (including phenoxy) is 4. The Morgan fingerprint density at radius 3 is 2.36 bits per heavy atom. The van der Waals surface area contributed by atoms with Gasteiger partial charge in [-0.3, -0.25) is 0 Å². The van der Waals surface area contributed by atoms with Gasteiger partial charge in [-0.25, -0.2) is 4.98 Å². The molecule has 0 spiro atoms. The van der Waals surface area contributed by atoms with Gasteiger partial charge >= 0.3 is 0 Å². The topological polar surface area (TPSA) is 73.6 Å². The van der Waals surface area contributed by atoms with Crippen LogP contribution in [0.3, 0.4) is 0 Å². The Morgan fingerprint density at radius 1 is 1.00 bits per heavy atom. The fourth-order valence-corrected chi connectivity index (χ4v) is 1.96. The third-order valence-electron chi connectivity index (χ3n) is 2.98. The number of fused-ring (bicyclic) bond motifs is 1. The van der Waals surface area contributed by atoms with E-state index in [1.165, 1.54) is 0 Å². The van der Waals surface area contributed by atoms with Gasteiger partial charge in [-0.1, -0.05) is 12.1 Å². The summed E-state index contributed by atoms with van der Waals surface area (Å²) in [5, 5.41) is 10.2. The first-order valence-corrected chi connectivity index (χ1v) is 6.88. The van der Waals surface area contributed by atoms with E-state index in [0.717, 1.165) is 5.39 Å². The number of methoxy groups -OCH3 is 2. The highest BCUT2D eigenvalue weighted by Gasteiger charge is 2.17. The van der Waals surface area contributed by atoms with Crippen molar-refractivity contribution in [1.82, 2.24) is 4.98 Å². The van der Waals surface area contributed by atoms with Crippen LogP contribution in [0.2, 0.25) is 0 Å². The van der Waals surface area contributed by atoms with Crippen LogP contribution in [0.25, 0.3) is 10.9 Å². The summed E-state index contributed by atoms with van der Waals surface area (Å²) >= 11 is 0. The number of pyridine rings is 1. The maximum atomic E-state index is 9.46. The van der Waals surface area contributed by atoms with Gasteiger partial charge in [0.25, 0.3) is 0 Å². The van der Waals surface area contributed by atoms with Gasteiger partial charge in [0, 0.05) is 19.6 Å². The van der Waals surface area contributed by atoms with Crippen molar-refractivity contribution in [2.75, 3.05) is 40.6 Å². The van der Waals surface area contributed by atoms with Gasteiger partial charge in [-0.15, -0.1) is 0 Å². The predicted octanol–water partition coefficient (Wildman–Crippen LogP) is 2.16. The number of hydrogen-bond acceptors (Lipinski definition) is 6. The molecule has 0 bridgehead atoms. The van der Waals surface area contributed by atoms with E-state index < -0.39 is 0 Å². The van der Waals surface area contributed by atoms with Gasteiger partial charge in [0.2, 0.25) is 5.88 Å². The van der Waals surface area contributed by atoms with Crippen LogP contribution < -0.4 is 9.47 Å². The molecule has 2 aromatic rings. The number of nitriles is 1. The molecule has 0 aliphatic heterocycles. The van der Waals surface area contributed by atoms with Crippen LogP contribution >= 0.6 is 0 Å². The third-order valence-corrected chi connectivity index (χ3v) is 2.98. The number of hydrogen-bond donors (Lipinski definition) is 0. The van der Waals surface area contributed by atoms with Gasteiger partial charge in [-0.05, 0) is 12.1 Å². The Labute approximate surface area is 129 Å². The van der Waals surface area contributed by atoms with Crippen molar-refractivity contribution in [1.29, 1.82) is 5.26 Å². The Bertz CT molecular complexity index is 667. The van der Waals surface area contributed by atoms with Crippen molar-refractivity contribution in [3.63, 3.8) is 0 Å². The van der Waals surface area contributed by atoms with E-state index in [2.05, 4.69) is 11.1 Å². The van der Waals surface area contributed by atoms with Crippen LogP contribution in [-0.4, -0.2) is 45.6 Å². The van der Waals surface area contributed by atoms with Crippen molar-refractivity contribution >= 4 is 10.9 Å². The van der Waals surface area contributed by atoms with Crippen molar-refractivity contribution in [2.45, 2.75) is 0 Å². The molecular formula is C16H18N2O4. The molecule has 116 valence electrons. The highest BCUT2D eigenvalue weighted by Crippen LogP contribution is 2.34. The van der Waals surface area contributed by atoms with Gasteiger partial charge in [0.1, 0.15) is 19.3 Å². The molecule has 0 atom stereocenters. The first-order chi connectivity index (χ1) is 10.8. The molecule has 0 radical (unpaired) electrons. The van der Waals surface area contributed by atoms with Crippen molar-refractivity contribution in [3.05, 3.63) is 29.8 Å². The summed E-state index contributed by atoms with van der Waals surface area (Å²) in [6, 6.07) is 9.58. The molecule has 6 nitrogen and oxygen atoms in total. The quantitative estimate of drug-likeness (QED) is 0.696. The Kier molecular flexibility index (Phi) is 5.95. The first kappa shape index (κ1) is 16.0. The lowest BCUT2D eigenvalue weighted by molar-refractivity contribution is 0.141. The summed E-state index contributed by atoms with van der Waals surface area (Å²) in [5.74, 6) is 0.725. The maximum absolute atomic E-state index is 9.46. The zero-order valence-corrected chi connectivity index (χ0v) is 12.7. The second-order valence-corrected chi connectivity index (χ2v) is 4.43. The van der Waals surface area contributed by atoms with Gasteiger partial charge in [0.15, 0.2) is 11.3 Å². The third kappa shape index (κ3) is 3.64. The molecule has 0 amide bonds. The van der Waals surface area contributed by atoms with Crippen LogP contribution in [0.15, 0.2) is 24.3 Å². The molecule has 1 heterocycles. The number of nitrogens with zero attached hydrogens (tertiary/aromatic N) is 2. The van der Waals surface area contributed by atoms with Crippen LogP contribution in [0, 0.1) is 11.3 Å². The molecule has 22 heavy (non-hydrogen) atoms. The normalized spacial score (nSPS) is 10.4. The minimum Gasteiger partial charge on any atom is -0.489 e. The highest BCUT2D eigenvalue weighted by atomic mass is 16.5. The lowest BCUT2D eigenvalue weighted by atomic mass is 10.1. The summed E-state index contributed by atoms with van der Waals surface area (Å²) in [6.45, 7) is 1.51. The van der Waals surface area contributed by atoms with E-state index in [-0.39, 0.29) is 11.4 Å². The predicted molar refractivity (Wildman–Crippen MR) is 81.2 cm³/mol. The fourth-order valence-electron chi connectivity index (χ4n) is 1.96. The molecule has 0 aliphatic rings. The standard InChI is InChI=1S/C16H18N2O4/c1-19-7-9-21-15-12-5-3-4-6-14(12)18-16(13(15)11-17)22-10-8-20-2/h3-6H,7-10H2,1-2H3. The van der Waals surface area contributed by atoms with Crippen LogP contribution in [0.4, 0.5) is 0 Å². The number of rotatable bonds is 8. The van der Waals surface area contributed by atoms with Gasteiger partial charge < -0.3 is 18.9 Å². The second-order valence-electron chi connectivity index (χ2n) is 4.43. The average Bonchev–Trinajstić information content (AvgIpc) is 2.55. The Balaban J connectivity index is 2.43. The molecule has 1 aromatic carbocycles. The van der Waals surface area contributed by atoms with E-state index >= 15 is 0 Å². The zero-order chi connectivity index (χ0) is 15.8. The summed E-state index contributed by atoms with van der Waals surface area (Å²) in [7, 11) is 3.18. The smallest absolute Gasteiger partial charge is 0.236 e. The molecule has 2 rings (SSSR count). The zero-order valence-electron chi connectivity index (χ0n) is 12.7. The lowest BCUT2D eigenvalue weighted by Crippen LogP contribution is -2.10. The maximum Gasteiger partial charge on any atom is 0.236 e. The molecule has 0 saturated heterocycles. The second kappa shape index (κ2) is 8.17. The van der Waals surface area contributed by atoms with Crippen molar-refractivity contribution in [2.24, 2.45) is 0 Å². The fraction of sp³-hybridized carbons (Fsp3) is 0.375. The molecule has 1 aromatic heterocycles. The molecule has 0 aliphatic carbocycles. The Hall–Kier alpha value is -2.36. The summed E-state index contributed by atoms with van der Waals surface area (Å²) in [6.07, 6.45) is 0. The average molecular weight is 302 g/mol. The highest BCUT2D eigenvalue weighted by molar-refractivity contribution is 5.88. The Morgan fingerprint density at radius 2 is 1.68 bits per heavy atom. The molecule has 0 saturated carbocycles. The molecule has 0 N–H and O–H groups in total. The number of benzene rings is 1. The molecular weight excluding hydrogens is 284 g/mol. The SMILES string of the molecule is COCCOc1nc2ccccc2c(OCCOC)c1C#N. The van der Waals surface area contributed by atoms with E-state index in [0.29, 0.717) is 37.7 Å². The van der Waals surface area contributed by atoms with Crippen molar-refractivity contribution < 1.29 is 18.9 Å². The summed E-state index contributed by atoms with van der Waals surface area (Å²) in [4.78, 5) is 4.40. The minimum absolute atomic E-state index is 0.255. The van der Waals surface area contributed by atoms with E-state index in [4.69, 9.17) is 18.9 Å².